The summed E-state index contributed by atoms with van der Waals surface area (Å²) in [5, 5.41) is 13.1. The van der Waals surface area contributed by atoms with E-state index in [0.717, 1.165) is 27.4 Å². The lowest BCUT2D eigenvalue weighted by atomic mass is 10.1. The molecule has 6 heteroatoms. The summed E-state index contributed by atoms with van der Waals surface area (Å²) >= 11 is 3.43. The lowest BCUT2D eigenvalue weighted by Gasteiger charge is -2.08. The van der Waals surface area contributed by atoms with E-state index < -0.39 is 0 Å². The van der Waals surface area contributed by atoms with Gasteiger partial charge in [-0.3, -0.25) is 0 Å². The summed E-state index contributed by atoms with van der Waals surface area (Å²) in [6, 6.07) is 8.55. The van der Waals surface area contributed by atoms with Gasteiger partial charge in [0.1, 0.15) is 10.8 Å². The van der Waals surface area contributed by atoms with Crippen LogP contribution in [0.25, 0.3) is 10.6 Å². The molecule has 1 aliphatic rings. The Kier molecular flexibility index (Phi) is 4.90. The standard InChI is InChI=1S/C19H22N4S2/c1-13-7-9-15(10-8-13)18-20-16(11-24-18)12-25-19-22-21-17(23(19)2)14-5-3-4-6-14/h7-11,14H,3-6,12H2,1-2H3. The molecule has 3 aromatic rings. The Morgan fingerprint density at radius 2 is 1.92 bits per heavy atom. The molecule has 0 unspecified atom stereocenters. The van der Waals surface area contributed by atoms with E-state index >= 15 is 0 Å². The van der Waals surface area contributed by atoms with Gasteiger partial charge in [0.25, 0.3) is 0 Å². The Hall–Kier alpha value is -1.66. The second kappa shape index (κ2) is 7.30. The van der Waals surface area contributed by atoms with Crippen LogP contribution in [0.5, 0.6) is 0 Å². The number of benzene rings is 1. The molecule has 0 spiro atoms. The van der Waals surface area contributed by atoms with Gasteiger partial charge in [0.05, 0.1) is 5.69 Å². The van der Waals surface area contributed by atoms with Crippen molar-refractivity contribution in [2.45, 2.75) is 49.4 Å². The second-order valence-corrected chi connectivity index (χ2v) is 8.48. The molecule has 4 nitrogen and oxygen atoms in total. The summed E-state index contributed by atoms with van der Waals surface area (Å²) in [4.78, 5) is 4.78. The highest BCUT2D eigenvalue weighted by molar-refractivity contribution is 7.98. The number of hydrogen-bond donors (Lipinski definition) is 0. The van der Waals surface area contributed by atoms with E-state index in [1.165, 1.54) is 36.8 Å². The maximum atomic E-state index is 4.78. The first kappa shape index (κ1) is 16.8. The van der Waals surface area contributed by atoms with E-state index in [9.17, 15) is 0 Å². The smallest absolute Gasteiger partial charge is 0.191 e. The van der Waals surface area contributed by atoms with Crippen LogP contribution in [-0.2, 0) is 12.8 Å². The summed E-state index contributed by atoms with van der Waals surface area (Å²) in [7, 11) is 2.09. The van der Waals surface area contributed by atoms with Gasteiger partial charge < -0.3 is 4.57 Å². The summed E-state index contributed by atoms with van der Waals surface area (Å²) < 4.78 is 2.17. The Morgan fingerprint density at radius 3 is 2.68 bits per heavy atom. The highest BCUT2D eigenvalue weighted by atomic mass is 32.2. The largest absolute Gasteiger partial charge is 0.309 e. The minimum Gasteiger partial charge on any atom is -0.309 e. The average molecular weight is 371 g/mol. The normalized spacial score (nSPS) is 15.1. The zero-order valence-electron chi connectivity index (χ0n) is 14.6. The number of rotatable bonds is 5. The van der Waals surface area contributed by atoms with Gasteiger partial charge in [0.15, 0.2) is 5.16 Å². The van der Waals surface area contributed by atoms with Crippen molar-refractivity contribution < 1.29 is 0 Å². The molecule has 1 fully saturated rings. The van der Waals surface area contributed by atoms with E-state index in [2.05, 4.69) is 58.4 Å². The maximum absolute atomic E-state index is 4.78. The first-order chi connectivity index (χ1) is 12.2. The van der Waals surface area contributed by atoms with Crippen LogP contribution in [-0.4, -0.2) is 19.7 Å². The summed E-state index contributed by atoms with van der Waals surface area (Å²) in [5.74, 6) is 2.58. The van der Waals surface area contributed by atoms with Crippen molar-refractivity contribution in [1.29, 1.82) is 0 Å². The molecule has 0 radical (unpaired) electrons. The first-order valence-corrected chi connectivity index (χ1v) is 10.6. The predicted molar refractivity (Wildman–Crippen MR) is 104 cm³/mol. The van der Waals surface area contributed by atoms with Gasteiger partial charge in [-0.1, -0.05) is 54.4 Å². The number of aromatic nitrogens is 4. The molecule has 1 aliphatic carbocycles. The van der Waals surface area contributed by atoms with Gasteiger partial charge in [-0.25, -0.2) is 4.98 Å². The van der Waals surface area contributed by atoms with E-state index in [1.54, 1.807) is 23.1 Å². The Balaban J connectivity index is 1.43. The first-order valence-electron chi connectivity index (χ1n) is 8.74. The number of nitrogens with zero attached hydrogens (tertiary/aromatic N) is 4. The van der Waals surface area contributed by atoms with Crippen molar-refractivity contribution in [2.75, 3.05) is 0 Å². The fraction of sp³-hybridized carbons (Fsp3) is 0.421. The van der Waals surface area contributed by atoms with Crippen molar-refractivity contribution in [3.63, 3.8) is 0 Å². The molecule has 25 heavy (non-hydrogen) atoms. The molecule has 0 amide bonds. The van der Waals surface area contributed by atoms with E-state index in [4.69, 9.17) is 4.98 Å². The number of hydrogen-bond acceptors (Lipinski definition) is 5. The van der Waals surface area contributed by atoms with Crippen molar-refractivity contribution in [2.24, 2.45) is 7.05 Å². The third-order valence-corrected chi connectivity index (χ3v) is 6.78. The minimum absolute atomic E-state index is 0.597. The molecule has 4 rings (SSSR count). The second-order valence-electron chi connectivity index (χ2n) is 6.68. The van der Waals surface area contributed by atoms with Crippen molar-refractivity contribution in [3.05, 3.63) is 46.7 Å². The van der Waals surface area contributed by atoms with Gasteiger partial charge in [0.2, 0.25) is 0 Å². The molecule has 2 aromatic heterocycles. The Labute approximate surface area is 156 Å². The predicted octanol–water partition coefficient (Wildman–Crippen LogP) is 5.20. The highest BCUT2D eigenvalue weighted by Gasteiger charge is 2.23. The molecule has 0 saturated heterocycles. The molecule has 1 aromatic carbocycles. The molecule has 0 N–H and O–H groups in total. The van der Waals surface area contributed by atoms with Crippen LogP contribution in [0.2, 0.25) is 0 Å². The van der Waals surface area contributed by atoms with Gasteiger partial charge in [-0.15, -0.1) is 21.5 Å². The molecule has 130 valence electrons. The topological polar surface area (TPSA) is 43.6 Å². The number of thiazole rings is 1. The Bertz CT molecular complexity index is 845. The number of thioether (sulfide) groups is 1. The zero-order chi connectivity index (χ0) is 17.2. The fourth-order valence-electron chi connectivity index (χ4n) is 3.33. The lowest BCUT2D eigenvalue weighted by molar-refractivity contribution is 0.616. The third-order valence-electron chi connectivity index (χ3n) is 4.79. The van der Waals surface area contributed by atoms with Crippen molar-refractivity contribution in [1.82, 2.24) is 19.7 Å². The van der Waals surface area contributed by atoms with E-state index in [1.807, 2.05) is 0 Å². The van der Waals surface area contributed by atoms with Gasteiger partial charge in [-0.05, 0) is 19.8 Å². The van der Waals surface area contributed by atoms with Crippen LogP contribution in [0.4, 0.5) is 0 Å². The highest BCUT2D eigenvalue weighted by Crippen LogP contribution is 2.34. The Morgan fingerprint density at radius 1 is 1.16 bits per heavy atom. The van der Waals surface area contributed by atoms with Gasteiger partial charge >= 0.3 is 0 Å². The zero-order valence-corrected chi connectivity index (χ0v) is 16.2. The molecule has 0 atom stereocenters. The molecular formula is C19H22N4S2. The lowest BCUT2D eigenvalue weighted by Crippen LogP contribution is -2.03. The number of aryl methyl sites for hydroxylation is 1. The summed E-state index contributed by atoms with van der Waals surface area (Å²) in [6.07, 6.45) is 5.15. The van der Waals surface area contributed by atoms with Crippen LogP contribution >= 0.6 is 23.1 Å². The van der Waals surface area contributed by atoms with Crippen LogP contribution in [0.15, 0.2) is 34.8 Å². The van der Waals surface area contributed by atoms with Crippen LogP contribution in [0, 0.1) is 6.92 Å². The third kappa shape index (κ3) is 3.65. The monoisotopic (exact) mass is 370 g/mol. The SMILES string of the molecule is Cc1ccc(-c2nc(CSc3nnc(C4CCCC4)n3C)cs2)cc1. The van der Waals surface area contributed by atoms with Gasteiger partial charge in [0, 0.05) is 29.7 Å². The minimum atomic E-state index is 0.597. The molecule has 0 aliphatic heterocycles. The van der Waals surface area contributed by atoms with Crippen LogP contribution in [0.3, 0.4) is 0 Å². The molecule has 0 bridgehead atoms. The van der Waals surface area contributed by atoms with Crippen molar-refractivity contribution in [3.8, 4) is 10.6 Å². The van der Waals surface area contributed by atoms with Crippen molar-refractivity contribution >= 4 is 23.1 Å². The van der Waals surface area contributed by atoms with Gasteiger partial charge in [-0.2, -0.15) is 0 Å². The average Bonchev–Trinajstić information content (AvgIpc) is 3.34. The molecule has 1 saturated carbocycles. The van der Waals surface area contributed by atoms with Crippen LogP contribution < -0.4 is 0 Å². The summed E-state index contributed by atoms with van der Waals surface area (Å²) in [6.45, 7) is 2.11. The van der Waals surface area contributed by atoms with E-state index in [-0.39, 0.29) is 0 Å². The summed E-state index contributed by atoms with van der Waals surface area (Å²) in [5.41, 5.74) is 3.57. The molecule has 2 heterocycles. The molecular weight excluding hydrogens is 348 g/mol. The van der Waals surface area contributed by atoms with Crippen LogP contribution in [0.1, 0.15) is 48.7 Å². The fourth-order valence-corrected chi connectivity index (χ4v) is 5.07. The quantitative estimate of drug-likeness (QED) is 0.579. The van der Waals surface area contributed by atoms with E-state index in [0.29, 0.717) is 5.92 Å². The maximum Gasteiger partial charge on any atom is 0.191 e.